The molecule has 1 amide bonds. The average Bonchev–Trinajstić information content (AvgIpc) is 2.95. The number of hydrogen-bond donors (Lipinski definition) is 6. The van der Waals surface area contributed by atoms with E-state index in [1.807, 2.05) is 49.3 Å². The number of nitrogens with one attached hydrogen (secondary N) is 1. The van der Waals surface area contributed by atoms with Gasteiger partial charge in [0, 0.05) is 49.9 Å². The molecule has 0 bridgehead atoms. The van der Waals surface area contributed by atoms with E-state index in [9.17, 15) is 34.8 Å². The number of carbonyl (C=O) groups excluding carboxylic acids is 3. The zero-order chi connectivity index (χ0) is 32.2. The van der Waals surface area contributed by atoms with Gasteiger partial charge in [-0.25, -0.2) is 0 Å². The van der Waals surface area contributed by atoms with Gasteiger partial charge in [0.15, 0.2) is 11.4 Å². The molecule has 5 rings (SSSR count). The Hall–Kier alpha value is -4.39. The second kappa shape index (κ2) is 11.3. The quantitative estimate of drug-likeness (QED) is 0.238. The predicted molar refractivity (Wildman–Crippen MR) is 162 cm³/mol. The van der Waals surface area contributed by atoms with E-state index in [1.165, 1.54) is 4.90 Å². The van der Waals surface area contributed by atoms with Gasteiger partial charge in [-0.3, -0.25) is 19.3 Å². The van der Waals surface area contributed by atoms with Crippen molar-refractivity contribution in [3.05, 3.63) is 69.5 Å². The first-order chi connectivity index (χ1) is 20.7. The fourth-order valence-electron chi connectivity index (χ4n) is 7.00. The van der Waals surface area contributed by atoms with Gasteiger partial charge < -0.3 is 41.1 Å². The molecule has 1 saturated carbocycles. The maximum Gasteiger partial charge on any atom is 0.255 e. The summed E-state index contributed by atoms with van der Waals surface area (Å²) in [6.45, 7) is 0.688. The number of carbonyl (C=O) groups is 3. The lowest BCUT2D eigenvalue weighted by atomic mass is 9.57. The highest BCUT2D eigenvalue weighted by atomic mass is 16.5. The lowest BCUT2D eigenvalue weighted by Gasteiger charge is -2.50. The van der Waals surface area contributed by atoms with Crippen molar-refractivity contribution >= 4 is 28.9 Å². The Morgan fingerprint density at radius 1 is 1.11 bits per heavy atom. The van der Waals surface area contributed by atoms with Gasteiger partial charge in [-0.05, 0) is 62.2 Å². The number of amides is 1. The van der Waals surface area contributed by atoms with Gasteiger partial charge in [0.25, 0.3) is 5.91 Å². The van der Waals surface area contributed by atoms with Crippen LogP contribution in [0.1, 0.15) is 28.7 Å². The molecule has 0 aromatic heterocycles. The minimum atomic E-state index is -2.68. The van der Waals surface area contributed by atoms with Crippen LogP contribution in [-0.4, -0.2) is 89.7 Å². The number of phenolic OH excluding ortho intramolecular Hbond substituents is 1. The molecule has 0 saturated heterocycles. The molecule has 44 heavy (non-hydrogen) atoms. The van der Waals surface area contributed by atoms with E-state index in [2.05, 4.69) is 5.32 Å². The molecular weight excluding hydrogens is 568 g/mol. The molecule has 7 N–H and O–H groups in total. The van der Waals surface area contributed by atoms with E-state index in [0.29, 0.717) is 23.4 Å². The van der Waals surface area contributed by atoms with Crippen molar-refractivity contribution in [2.75, 3.05) is 40.2 Å². The third-order valence-electron chi connectivity index (χ3n) is 9.04. The molecular formula is C32H38N4O8. The van der Waals surface area contributed by atoms with Crippen LogP contribution in [0.3, 0.4) is 0 Å². The first kappa shape index (κ1) is 31.0. The van der Waals surface area contributed by atoms with E-state index in [0.717, 1.165) is 11.3 Å². The number of aromatic hydroxyl groups is 1. The van der Waals surface area contributed by atoms with Crippen molar-refractivity contribution in [2.24, 2.45) is 17.6 Å². The summed E-state index contributed by atoms with van der Waals surface area (Å²) in [6, 6.07) is 8.23. The van der Waals surface area contributed by atoms with Crippen molar-refractivity contribution in [1.82, 2.24) is 10.2 Å². The van der Waals surface area contributed by atoms with Gasteiger partial charge >= 0.3 is 0 Å². The van der Waals surface area contributed by atoms with Gasteiger partial charge in [0.05, 0.1) is 18.7 Å². The Morgan fingerprint density at radius 3 is 2.43 bits per heavy atom. The topological polar surface area (TPSA) is 186 Å². The van der Waals surface area contributed by atoms with Gasteiger partial charge in [0.2, 0.25) is 5.78 Å². The number of likely N-dealkylation sites (N-methyl/N-ethyl adjacent to an activating group) is 1. The molecule has 234 valence electrons. The number of hydrogen-bond acceptors (Lipinski definition) is 11. The number of fused-ring (bicyclic) bond motifs is 3. The Labute approximate surface area is 255 Å². The number of primary amides is 1. The molecule has 0 aliphatic heterocycles. The number of ketones is 2. The van der Waals surface area contributed by atoms with Gasteiger partial charge in [0.1, 0.15) is 28.6 Å². The molecule has 0 spiro atoms. The molecule has 2 aromatic rings. The average molecular weight is 607 g/mol. The monoisotopic (exact) mass is 606 g/mol. The lowest BCUT2D eigenvalue weighted by molar-refractivity contribution is -0.153. The Bertz CT molecular complexity index is 1630. The third kappa shape index (κ3) is 4.70. The van der Waals surface area contributed by atoms with E-state index >= 15 is 0 Å². The van der Waals surface area contributed by atoms with E-state index in [-0.39, 0.29) is 36.3 Å². The zero-order valence-electron chi connectivity index (χ0n) is 25.3. The van der Waals surface area contributed by atoms with Crippen molar-refractivity contribution in [1.29, 1.82) is 0 Å². The smallest absolute Gasteiger partial charge is 0.255 e. The largest absolute Gasteiger partial charge is 0.508 e. The van der Waals surface area contributed by atoms with Crippen molar-refractivity contribution in [2.45, 2.75) is 37.6 Å². The molecule has 12 nitrogen and oxygen atoms in total. The molecule has 12 heteroatoms. The first-order valence-corrected chi connectivity index (χ1v) is 14.3. The van der Waals surface area contributed by atoms with E-state index in [1.54, 1.807) is 21.2 Å². The minimum Gasteiger partial charge on any atom is -0.508 e. The number of anilines is 1. The molecule has 1 fully saturated rings. The number of aliphatic hydroxyl groups excluding tert-OH is 2. The highest BCUT2D eigenvalue weighted by Crippen LogP contribution is 2.54. The summed E-state index contributed by atoms with van der Waals surface area (Å²) in [5.41, 5.74) is 4.52. The summed E-state index contributed by atoms with van der Waals surface area (Å²) in [5, 5.41) is 49.3. The van der Waals surface area contributed by atoms with E-state index < -0.39 is 58.0 Å². The van der Waals surface area contributed by atoms with Gasteiger partial charge in [-0.1, -0.05) is 12.1 Å². The molecule has 0 radical (unpaired) electrons. The van der Waals surface area contributed by atoms with Crippen LogP contribution in [0.5, 0.6) is 11.5 Å². The number of methoxy groups -OCH3 is 1. The summed E-state index contributed by atoms with van der Waals surface area (Å²) in [5.74, 6) is -6.00. The Balaban J connectivity index is 1.59. The summed E-state index contributed by atoms with van der Waals surface area (Å²) < 4.78 is 5.28. The number of Topliss-reactive ketones (excluding diaryl/α,β-unsaturated/α-hetero) is 2. The number of nitrogens with zero attached hydrogens (tertiary/aromatic N) is 2. The summed E-state index contributed by atoms with van der Waals surface area (Å²) >= 11 is 0. The Kier molecular flexibility index (Phi) is 7.95. The van der Waals surface area contributed by atoms with Crippen molar-refractivity contribution in [3.63, 3.8) is 0 Å². The maximum atomic E-state index is 14.1. The number of nitrogens with two attached hydrogens (primary N) is 1. The van der Waals surface area contributed by atoms with Crippen LogP contribution in [0.4, 0.5) is 5.69 Å². The zero-order valence-corrected chi connectivity index (χ0v) is 25.3. The van der Waals surface area contributed by atoms with E-state index in [4.69, 9.17) is 10.5 Å². The number of aliphatic hydroxyl groups is 3. The van der Waals surface area contributed by atoms with Crippen LogP contribution in [0.2, 0.25) is 0 Å². The molecule has 4 atom stereocenters. The van der Waals surface area contributed by atoms with Crippen LogP contribution in [0, 0.1) is 11.8 Å². The highest BCUT2D eigenvalue weighted by Gasteiger charge is 2.64. The van der Waals surface area contributed by atoms with Crippen LogP contribution in [0.25, 0.3) is 5.76 Å². The highest BCUT2D eigenvalue weighted by molar-refractivity contribution is 6.24. The second-order valence-corrected chi connectivity index (χ2v) is 12.1. The van der Waals surface area contributed by atoms with Crippen LogP contribution < -0.4 is 20.7 Å². The minimum absolute atomic E-state index is 0.0310. The molecule has 3 aliphatic carbocycles. The third-order valence-corrected chi connectivity index (χ3v) is 9.04. The number of phenols is 1. The maximum absolute atomic E-state index is 14.1. The second-order valence-electron chi connectivity index (χ2n) is 12.1. The van der Waals surface area contributed by atoms with Crippen LogP contribution >= 0.6 is 0 Å². The normalized spacial score (nSPS) is 24.7. The molecule has 2 aromatic carbocycles. The number of ether oxygens (including phenoxy) is 1. The molecule has 1 unspecified atom stereocenters. The SMILES string of the molecule is COc1cccc(CNCc2cc(N(C)C)c3c(c2O)C(O)=C2C(=O)[C@]4(O)C(O)=C(C(N)=O)C(=O)C(N(C)C)[C@@H]4C[C@@H]2C3)c1. The fraction of sp³-hybridized carbons (Fsp3) is 0.406. The van der Waals surface area contributed by atoms with Crippen LogP contribution in [0.15, 0.2) is 47.2 Å². The number of rotatable bonds is 8. The lowest BCUT2D eigenvalue weighted by Crippen LogP contribution is -2.65. The van der Waals surface area contributed by atoms with Gasteiger partial charge in [-0.15, -0.1) is 0 Å². The molecule has 0 heterocycles. The standard InChI is InChI=1S/C32H38N4O8/c1-35(2)21-12-17(14-34-13-15-7-6-8-18(9-15)44-5)26(37)23-19(21)10-16-11-20-25(36(3)4)28(39)24(31(33)42)30(41)32(20,43)29(40)22(16)27(23)38/h6-9,12,16,20,25,34,37-38,41,43H,10-11,13-14H2,1-5H3,(H2,33,42)/t16-,20-,25?,32-/m0/s1. The fourth-order valence-corrected chi connectivity index (χ4v) is 7.00. The predicted octanol–water partition coefficient (Wildman–Crippen LogP) is 1.33. The Morgan fingerprint density at radius 2 is 1.82 bits per heavy atom. The van der Waals surface area contributed by atoms with Crippen molar-refractivity contribution < 1.29 is 39.5 Å². The number of benzene rings is 2. The summed E-state index contributed by atoms with van der Waals surface area (Å²) in [7, 11) is 8.39. The van der Waals surface area contributed by atoms with Crippen LogP contribution in [-0.2, 0) is 33.9 Å². The summed E-state index contributed by atoms with van der Waals surface area (Å²) in [4.78, 5) is 42.9. The summed E-state index contributed by atoms with van der Waals surface area (Å²) in [6.07, 6.45) is 0.246. The molecule has 3 aliphatic rings. The first-order valence-electron chi connectivity index (χ1n) is 14.3. The van der Waals surface area contributed by atoms with Crippen molar-refractivity contribution in [3.8, 4) is 11.5 Å². The van der Waals surface area contributed by atoms with Gasteiger partial charge in [-0.2, -0.15) is 0 Å².